The van der Waals surface area contributed by atoms with Gasteiger partial charge in [-0.2, -0.15) is 0 Å². The first-order chi connectivity index (χ1) is 9.99. The Balaban J connectivity index is 1.88. The molecule has 2 aliphatic heterocycles. The third-order valence-electron chi connectivity index (χ3n) is 4.34. The van der Waals surface area contributed by atoms with Crippen molar-refractivity contribution >= 4 is 23.4 Å². The van der Waals surface area contributed by atoms with E-state index in [4.69, 9.17) is 11.6 Å². The predicted molar refractivity (Wildman–Crippen MR) is 78.4 cm³/mol. The fourth-order valence-corrected chi connectivity index (χ4v) is 3.34. The summed E-state index contributed by atoms with van der Waals surface area (Å²) in [5.74, 6) is -0.483. The van der Waals surface area contributed by atoms with Gasteiger partial charge >= 0.3 is 0 Å². The summed E-state index contributed by atoms with van der Waals surface area (Å²) in [5, 5.41) is 10.3. The number of carbonyl (C=O) groups excluding carboxylic acids is 2. The number of fused-ring (bicyclic) bond motifs is 1. The van der Waals surface area contributed by atoms with E-state index in [-0.39, 0.29) is 29.2 Å². The van der Waals surface area contributed by atoms with Gasteiger partial charge in [0.2, 0.25) is 5.91 Å². The highest BCUT2D eigenvalue weighted by molar-refractivity contribution is 6.30. The second kappa shape index (κ2) is 5.22. The van der Waals surface area contributed by atoms with Crippen LogP contribution in [0.15, 0.2) is 18.2 Å². The van der Waals surface area contributed by atoms with E-state index in [0.29, 0.717) is 11.6 Å². The number of aromatic hydroxyl groups is 1. The van der Waals surface area contributed by atoms with E-state index in [9.17, 15) is 14.7 Å². The van der Waals surface area contributed by atoms with Crippen molar-refractivity contribution < 1.29 is 14.7 Å². The highest BCUT2D eigenvalue weighted by Gasteiger charge is 2.42. The summed E-state index contributed by atoms with van der Waals surface area (Å²) in [6.45, 7) is 3.04. The number of amides is 2. The van der Waals surface area contributed by atoms with Crippen molar-refractivity contribution in [1.29, 1.82) is 0 Å². The molecule has 0 bridgehead atoms. The van der Waals surface area contributed by atoms with Crippen LogP contribution in [0.1, 0.15) is 30.1 Å². The topological polar surface area (TPSA) is 60.9 Å². The van der Waals surface area contributed by atoms with Gasteiger partial charge < -0.3 is 14.9 Å². The minimum Gasteiger partial charge on any atom is -0.507 e. The summed E-state index contributed by atoms with van der Waals surface area (Å²) in [6, 6.07) is 4.01. The summed E-state index contributed by atoms with van der Waals surface area (Å²) in [5.41, 5.74) is 0.186. The lowest BCUT2D eigenvalue weighted by Crippen LogP contribution is -2.60. The van der Waals surface area contributed by atoms with Gasteiger partial charge in [-0.1, -0.05) is 11.6 Å². The first kappa shape index (κ1) is 14.2. The molecule has 21 heavy (non-hydrogen) atoms. The smallest absolute Gasteiger partial charge is 0.258 e. The molecule has 2 heterocycles. The molecule has 2 saturated heterocycles. The number of hydrogen-bond acceptors (Lipinski definition) is 3. The molecule has 3 rings (SSSR count). The van der Waals surface area contributed by atoms with Crippen molar-refractivity contribution in [3.8, 4) is 5.75 Å². The lowest BCUT2D eigenvalue weighted by atomic mass is 10.0. The summed E-state index contributed by atoms with van der Waals surface area (Å²) in [4.78, 5) is 28.4. The van der Waals surface area contributed by atoms with Crippen LogP contribution < -0.4 is 0 Å². The standard InChI is InChI=1S/C15H17ClN2O3/c1-9-14(20)17-6-2-3-11(17)8-18(9)15(21)12-5-4-10(16)7-13(12)19/h4-5,7,9,11,19H,2-3,6,8H2,1H3/t9-,11+/m0/s1. The van der Waals surface area contributed by atoms with Crippen LogP contribution in [0.25, 0.3) is 0 Å². The molecule has 0 aliphatic carbocycles. The molecule has 0 unspecified atom stereocenters. The van der Waals surface area contributed by atoms with E-state index in [0.717, 1.165) is 19.4 Å². The highest BCUT2D eigenvalue weighted by atomic mass is 35.5. The first-order valence-electron chi connectivity index (χ1n) is 7.09. The molecule has 5 nitrogen and oxygen atoms in total. The Morgan fingerprint density at radius 1 is 1.43 bits per heavy atom. The lowest BCUT2D eigenvalue weighted by Gasteiger charge is -2.41. The average Bonchev–Trinajstić information content (AvgIpc) is 2.90. The molecule has 1 aromatic rings. The Morgan fingerprint density at radius 2 is 2.19 bits per heavy atom. The van der Waals surface area contributed by atoms with Gasteiger partial charge in [0, 0.05) is 24.2 Å². The van der Waals surface area contributed by atoms with E-state index in [2.05, 4.69) is 0 Å². The van der Waals surface area contributed by atoms with Crippen LogP contribution in [0.2, 0.25) is 5.02 Å². The zero-order chi connectivity index (χ0) is 15.1. The number of halogens is 1. The van der Waals surface area contributed by atoms with Crippen molar-refractivity contribution in [1.82, 2.24) is 9.80 Å². The van der Waals surface area contributed by atoms with E-state index in [1.54, 1.807) is 17.9 Å². The Bertz CT molecular complexity index is 605. The number of rotatable bonds is 1. The molecular formula is C15H17ClN2O3. The van der Waals surface area contributed by atoms with Gasteiger partial charge in [-0.15, -0.1) is 0 Å². The SMILES string of the molecule is C[C@H]1C(=O)N2CCC[C@@H]2CN1C(=O)c1ccc(Cl)cc1O. The number of benzene rings is 1. The van der Waals surface area contributed by atoms with Crippen LogP contribution in [0.5, 0.6) is 5.75 Å². The Labute approximate surface area is 128 Å². The minimum atomic E-state index is -0.498. The number of carbonyl (C=O) groups is 2. The molecule has 1 aromatic carbocycles. The predicted octanol–water partition coefficient (Wildman–Crippen LogP) is 1.88. The van der Waals surface area contributed by atoms with E-state index < -0.39 is 6.04 Å². The number of hydrogen-bond donors (Lipinski definition) is 1. The van der Waals surface area contributed by atoms with Gasteiger partial charge in [0.05, 0.1) is 5.56 Å². The second-order valence-corrected chi connectivity index (χ2v) is 6.06. The van der Waals surface area contributed by atoms with E-state index in [1.807, 2.05) is 4.90 Å². The van der Waals surface area contributed by atoms with Crippen LogP contribution in [-0.4, -0.2) is 51.9 Å². The molecule has 0 aromatic heterocycles. The van der Waals surface area contributed by atoms with Gasteiger partial charge in [-0.25, -0.2) is 0 Å². The normalized spacial score (nSPS) is 25.1. The van der Waals surface area contributed by atoms with Gasteiger partial charge in [0.15, 0.2) is 0 Å². The quantitative estimate of drug-likeness (QED) is 0.861. The van der Waals surface area contributed by atoms with Gasteiger partial charge in [0.25, 0.3) is 5.91 Å². The Hall–Kier alpha value is -1.75. The molecule has 1 N–H and O–H groups in total. The van der Waals surface area contributed by atoms with Crippen molar-refractivity contribution in [2.45, 2.75) is 31.8 Å². The van der Waals surface area contributed by atoms with Crippen LogP contribution in [0.3, 0.4) is 0 Å². The highest BCUT2D eigenvalue weighted by Crippen LogP contribution is 2.29. The fraction of sp³-hybridized carbons (Fsp3) is 0.467. The fourth-order valence-electron chi connectivity index (χ4n) is 3.17. The molecular weight excluding hydrogens is 292 g/mol. The van der Waals surface area contributed by atoms with Crippen molar-refractivity contribution in [3.05, 3.63) is 28.8 Å². The molecule has 2 fully saturated rings. The number of phenols is 1. The average molecular weight is 309 g/mol. The molecule has 112 valence electrons. The van der Waals surface area contributed by atoms with Crippen LogP contribution in [-0.2, 0) is 4.79 Å². The molecule has 2 atom stereocenters. The molecule has 0 spiro atoms. The maximum Gasteiger partial charge on any atom is 0.258 e. The third kappa shape index (κ3) is 2.35. The van der Waals surface area contributed by atoms with Gasteiger partial charge in [-0.05, 0) is 38.0 Å². The summed E-state index contributed by atoms with van der Waals surface area (Å²) >= 11 is 5.79. The maximum absolute atomic E-state index is 12.6. The monoisotopic (exact) mass is 308 g/mol. The zero-order valence-electron chi connectivity index (χ0n) is 11.8. The Morgan fingerprint density at radius 3 is 2.90 bits per heavy atom. The van der Waals surface area contributed by atoms with Gasteiger partial charge in [-0.3, -0.25) is 9.59 Å². The first-order valence-corrected chi connectivity index (χ1v) is 7.47. The zero-order valence-corrected chi connectivity index (χ0v) is 12.5. The summed E-state index contributed by atoms with van der Waals surface area (Å²) in [6.07, 6.45) is 1.91. The van der Waals surface area contributed by atoms with Gasteiger partial charge in [0.1, 0.15) is 11.8 Å². The number of phenolic OH excluding ortho intramolecular Hbond substituents is 1. The molecule has 2 amide bonds. The number of nitrogens with zero attached hydrogens (tertiary/aromatic N) is 2. The molecule has 0 saturated carbocycles. The molecule has 0 radical (unpaired) electrons. The summed E-state index contributed by atoms with van der Waals surface area (Å²) < 4.78 is 0. The van der Waals surface area contributed by atoms with E-state index in [1.165, 1.54) is 12.1 Å². The van der Waals surface area contributed by atoms with Crippen molar-refractivity contribution in [3.63, 3.8) is 0 Å². The van der Waals surface area contributed by atoms with Crippen LogP contribution in [0.4, 0.5) is 0 Å². The molecule has 6 heteroatoms. The minimum absolute atomic E-state index is 0.00875. The summed E-state index contributed by atoms with van der Waals surface area (Å²) in [7, 11) is 0. The van der Waals surface area contributed by atoms with Crippen molar-refractivity contribution in [2.75, 3.05) is 13.1 Å². The van der Waals surface area contributed by atoms with E-state index >= 15 is 0 Å². The van der Waals surface area contributed by atoms with Crippen LogP contribution in [0, 0.1) is 0 Å². The lowest BCUT2D eigenvalue weighted by molar-refractivity contribution is -0.141. The largest absolute Gasteiger partial charge is 0.507 e. The maximum atomic E-state index is 12.6. The third-order valence-corrected chi connectivity index (χ3v) is 4.58. The van der Waals surface area contributed by atoms with Crippen LogP contribution >= 0.6 is 11.6 Å². The Kier molecular flexibility index (Phi) is 3.53. The molecule has 2 aliphatic rings. The van der Waals surface area contributed by atoms with Crippen molar-refractivity contribution in [2.24, 2.45) is 0 Å². The number of piperazine rings is 1. The second-order valence-electron chi connectivity index (χ2n) is 5.62.